The Morgan fingerprint density at radius 3 is 2.09 bits per heavy atom. The van der Waals surface area contributed by atoms with Crippen LogP contribution in [-0.4, -0.2) is 16.9 Å². The van der Waals surface area contributed by atoms with E-state index in [4.69, 9.17) is 5.11 Å². The number of carboxylic acid groups (broad SMARTS) is 1. The molecule has 1 aliphatic rings. The molecule has 2 unspecified atom stereocenters. The number of carbonyl (C=O) groups excluding carboxylic acids is 1. The second kappa shape index (κ2) is 3.03. The van der Waals surface area contributed by atoms with E-state index in [1.54, 1.807) is 0 Å². The van der Waals surface area contributed by atoms with Crippen LogP contribution in [0.2, 0.25) is 0 Å². The van der Waals surface area contributed by atoms with Crippen LogP contribution in [0.15, 0.2) is 0 Å². The lowest BCUT2D eigenvalue weighted by Gasteiger charge is -2.02. The fourth-order valence-electron chi connectivity index (χ4n) is 1.58. The summed E-state index contributed by atoms with van der Waals surface area (Å²) in [6.07, 6.45) is 1.97. The lowest BCUT2D eigenvalue weighted by Crippen LogP contribution is -2.12. The molecule has 0 amide bonds. The van der Waals surface area contributed by atoms with Crippen molar-refractivity contribution < 1.29 is 14.7 Å². The second-order valence-electron chi connectivity index (χ2n) is 3.16. The molecule has 1 saturated carbocycles. The van der Waals surface area contributed by atoms with E-state index in [0.717, 1.165) is 6.42 Å². The molecule has 0 aromatic carbocycles. The van der Waals surface area contributed by atoms with Gasteiger partial charge >= 0.3 is 5.97 Å². The Labute approximate surface area is 65.4 Å². The molecule has 62 valence electrons. The van der Waals surface area contributed by atoms with Gasteiger partial charge in [0.05, 0.1) is 5.92 Å². The third kappa shape index (κ3) is 1.79. The third-order valence-corrected chi connectivity index (χ3v) is 2.36. The average molecular weight is 156 g/mol. The molecule has 0 spiro atoms. The highest BCUT2D eigenvalue weighted by molar-refractivity contribution is 5.80. The van der Waals surface area contributed by atoms with Gasteiger partial charge in [-0.1, -0.05) is 0 Å². The lowest BCUT2D eigenvalue weighted by atomic mass is 10.0. The monoisotopic (exact) mass is 156 g/mol. The number of aliphatic carboxylic acids is 1. The normalized spacial score (nSPS) is 30.3. The zero-order valence-electron chi connectivity index (χ0n) is 6.54. The summed E-state index contributed by atoms with van der Waals surface area (Å²) in [6.45, 7) is 1.54. The van der Waals surface area contributed by atoms with Crippen molar-refractivity contribution in [2.45, 2.75) is 26.2 Å². The first-order chi connectivity index (χ1) is 5.11. The van der Waals surface area contributed by atoms with Crippen LogP contribution < -0.4 is 0 Å². The van der Waals surface area contributed by atoms with Crippen LogP contribution >= 0.6 is 0 Å². The number of carboxylic acids is 1. The van der Waals surface area contributed by atoms with E-state index in [0.29, 0.717) is 12.8 Å². The maximum absolute atomic E-state index is 10.8. The fraction of sp³-hybridized carbons (Fsp3) is 0.750. The molecule has 1 fully saturated rings. The van der Waals surface area contributed by atoms with Crippen molar-refractivity contribution in [3.05, 3.63) is 0 Å². The molecule has 1 N–H and O–H groups in total. The molecule has 2 atom stereocenters. The first-order valence-electron chi connectivity index (χ1n) is 3.84. The summed E-state index contributed by atoms with van der Waals surface area (Å²) >= 11 is 0. The summed E-state index contributed by atoms with van der Waals surface area (Å²) in [5, 5.41) is 8.60. The highest BCUT2D eigenvalue weighted by atomic mass is 16.4. The van der Waals surface area contributed by atoms with Gasteiger partial charge in [-0.15, -0.1) is 0 Å². The van der Waals surface area contributed by atoms with Gasteiger partial charge in [0.2, 0.25) is 0 Å². The molecule has 11 heavy (non-hydrogen) atoms. The highest BCUT2D eigenvalue weighted by Crippen LogP contribution is 2.31. The molecule has 0 heterocycles. The van der Waals surface area contributed by atoms with Crippen molar-refractivity contribution in [3.63, 3.8) is 0 Å². The third-order valence-electron chi connectivity index (χ3n) is 2.36. The molecule has 0 bridgehead atoms. The summed E-state index contributed by atoms with van der Waals surface area (Å²) in [7, 11) is 0. The van der Waals surface area contributed by atoms with Crippen LogP contribution in [-0.2, 0) is 9.59 Å². The molecular weight excluding hydrogens is 144 g/mol. The van der Waals surface area contributed by atoms with Crippen molar-refractivity contribution in [3.8, 4) is 0 Å². The van der Waals surface area contributed by atoms with Gasteiger partial charge in [0.1, 0.15) is 5.78 Å². The summed E-state index contributed by atoms with van der Waals surface area (Å²) in [6, 6.07) is 0. The Hall–Kier alpha value is -0.860. The molecule has 0 saturated heterocycles. The molecular formula is C8H12O3. The molecule has 1 aliphatic carbocycles. The molecule has 3 nitrogen and oxygen atoms in total. The quantitative estimate of drug-likeness (QED) is 0.650. The number of rotatable bonds is 2. The molecule has 0 aliphatic heterocycles. The minimum absolute atomic E-state index is 0.0103. The lowest BCUT2D eigenvalue weighted by molar-refractivity contribution is -0.141. The molecule has 0 radical (unpaired) electrons. The number of carbonyl (C=O) groups is 2. The predicted molar refractivity (Wildman–Crippen MR) is 39.1 cm³/mol. The minimum Gasteiger partial charge on any atom is -0.481 e. The first kappa shape index (κ1) is 8.24. The first-order valence-corrected chi connectivity index (χ1v) is 3.84. The molecule has 1 rings (SSSR count). The average Bonchev–Trinajstić information content (AvgIpc) is 2.33. The van der Waals surface area contributed by atoms with Crippen LogP contribution in [0.3, 0.4) is 0 Å². The smallest absolute Gasteiger partial charge is 0.306 e. The SMILES string of the molecule is CC(=O)C1CCC(C(=O)O)C1. The van der Waals surface area contributed by atoms with Crippen LogP contribution in [0.1, 0.15) is 26.2 Å². The Morgan fingerprint density at radius 1 is 1.27 bits per heavy atom. The van der Waals surface area contributed by atoms with Gasteiger partial charge in [-0.2, -0.15) is 0 Å². The van der Waals surface area contributed by atoms with Crippen molar-refractivity contribution in [2.75, 3.05) is 0 Å². The van der Waals surface area contributed by atoms with Crippen LogP contribution in [0.5, 0.6) is 0 Å². The van der Waals surface area contributed by atoms with Gasteiger partial charge in [-0.3, -0.25) is 9.59 Å². The second-order valence-corrected chi connectivity index (χ2v) is 3.16. The van der Waals surface area contributed by atoms with E-state index >= 15 is 0 Å². The van der Waals surface area contributed by atoms with Crippen molar-refractivity contribution in [1.29, 1.82) is 0 Å². The topological polar surface area (TPSA) is 54.4 Å². The Bertz CT molecular complexity index is 166. The van der Waals surface area contributed by atoms with Gasteiger partial charge < -0.3 is 5.11 Å². The summed E-state index contributed by atoms with van der Waals surface area (Å²) in [5.41, 5.74) is 0. The van der Waals surface area contributed by atoms with Crippen LogP contribution in [0, 0.1) is 11.8 Å². The van der Waals surface area contributed by atoms with Crippen LogP contribution in [0.25, 0.3) is 0 Å². The van der Waals surface area contributed by atoms with E-state index in [-0.39, 0.29) is 17.6 Å². The van der Waals surface area contributed by atoms with Gasteiger partial charge in [0.25, 0.3) is 0 Å². The summed E-state index contributed by atoms with van der Waals surface area (Å²) in [5.74, 6) is -0.887. The van der Waals surface area contributed by atoms with Gasteiger partial charge in [0.15, 0.2) is 0 Å². The Kier molecular flexibility index (Phi) is 2.27. The van der Waals surface area contributed by atoms with Gasteiger partial charge in [0, 0.05) is 5.92 Å². The maximum Gasteiger partial charge on any atom is 0.306 e. The van der Waals surface area contributed by atoms with Gasteiger partial charge in [-0.05, 0) is 26.2 Å². The van der Waals surface area contributed by atoms with E-state index in [1.807, 2.05) is 0 Å². The predicted octanol–water partition coefficient (Wildman–Crippen LogP) is 1.08. The minimum atomic E-state index is -0.756. The largest absolute Gasteiger partial charge is 0.481 e. The molecule has 0 aromatic rings. The Balaban J connectivity index is 2.47. The molecule has 3 heteroatoms. The highest BCUT2D eigenvalue weighted by Gasteiger charge is 2.31. The number of hydrogen-bond donors (Lipinski definition) is 1. The van der Waals surface area contributed by atoms with E-state index < -0.39 is 5.97 Å². The standard InChI is InChI=1S/C8H12O3/c1-5(9)6-2-3-7(4-6)8(10)11/h6-7H,2-4H2,1H3,(H,10,11). The number of hydrogen-bond acceptors (Lipinski definition) is 2. The zero-order valence-corrected chi connectivity index (χ0v) is 6.54. The molecule has 0 aromatic heterocycles. The van der Waals surface area contributed by atoms with E-state index in [2.05, 4.69) is 0 Å². The van der Waals surface area contributed by atoms with E-state index in [9.17, 15) is 9.59 Å². The van der Waals surface area contributed by atoms with E-state index in [1.165, 1.54) is 6.92 Å². The summed E-state index contributed by atoms with van der Waals surface area (Å²) in [4.78, 5) is 21.3. The number of Topliss-reactive ketones (excluding diaryl/α,β-unsaturated/α-hetero) is 1. The van der Waals surface area contributed by atoms with Crippen molar-refractivity contribution >= 4 is 11.8 Å². The zero-order chi connectivity index (χ0) is 8.43. The van der Waals surface area contributed by atoms with Crippen molar-refractivity contribution in [1.82, 2.24) is 0 Å². The summed E-state index contributed by atoms with van der Waals surface area (Å²) < 4.78 is 0. The maximum atomic E-state index is 10.8. The van der Waals surface area contributed by atoms with Gasteiger partial charge in [-0.25, -0.2) is 0 Å². The number of ketones is 1. The van der Waals surface area contributed by atoms with Crippen LogP contribution in [0.4, 0.5) is 0 Å². The van der Waals surface area contributed by atoms with Crippen molar-refractivity contribution in [2.24, 2.45) is 11.8 Å². The Morgan fingerprint density at radius 2 is 1.82 bits per heavy atom. The fourth-order valence-corrected chi connectivity index (χ4v) is 1.58.